The molecule has 76 valence electrons. The lowest BCUT2D eigenvalue weighted by atomic mass is 10.1. The number of halogens is 1. The SMILES string of the molecule is N[C@@H](CO)c1ccc(C(=O)O)c(Cl)c1. The molecule has 0 unspecified atom stereocenters. The highest BCUT2D eigenvalue weighted by Gasteiger charge is 2.11. The van der Waals surface area contributed by atoms with E-state index < -0.39 is 12.0 Å². The van der Waals surface area contributed by atoms with Crippen LogP contribution in [0.4, 0.5) is 0 Å². The third-order valence-corrected chi connectivity index (χ3v) is 2.16. The number of rotatable bonds is 3. The first-order chi connectivity index (χ1) is 6.56. The Labute approximate surface area is 85.9 Å². The summed E-state index contributed by atoms with van der Waals surface area (Å²) in [5.74, 6) is -1.08. The molecule has 1 aromatic carbocycles. The summed E-state index contributed by atoms with van der Waals surface area (Å²) in [6.07, 6.45) is 0. The van der Waals surface area contributed by atoms with Crippen LogP contribution >= 0.6 is 11.6 Å². The molecule has 0 bridgehead atoms. The molecule has 4 N–H and O–H groups in total. The molecule has 0 heterocycles. The normalized spacial score (nSPS) is 12.5. The predicted molar refractivity (Wildman–Crippen MR) is 52.4 cm³/mol. The van der Waals surface area contributed by atoms with Gasteiger partial charge in [-0.15, -0.1) is 0 Å². The van der Waals surface area contributed by atoms with E-state index in [1.54, 1.807) is 0 Å². The summed E-state index contributed by atoms with van der Waals surface area (Å²) < 4.78 is 0. The number of benzene rings is 1. The maximum Gasteiger partial charge on any atom is 0.337 e. The summed E-state index contributed by atoms with van der Waals surface area (Å²) in [5, 5.41) is 17.6. The fourth-order valence-corrected chi connectivity index (χ4v) is 1.31. The molecule has 5 heteroatoms. The van der Waals surface area contributed by atoms with Gasteiger partial charge in [0.25, 0.3) is 0 Å². The van der Waals surface area contributed by atoms with E-state index in [4.69, 9.17) is 27.5 Å². The van der Waals surface area contributed by atoms with Crippen molar-refractivity contribution in [2.45, 2.75) is 6.04 Å². The molecule has 0 aliphatic heterocycles. The molecule has 0 aliphatic rings. The van der Waals surface area contributed by atoms with Crippen molar-refractivity contribution in [3.63, 3.8) is 0 Å². The van der Waals surface area contributed by atoms with Crippen molar-refractivity contribution in [3.8, 4) is 0 Å². The topological polar surface area (TPSA) is 83.5 Å². The first kappa shape index (κ1) is 11.0. The van der Waals surface area contributed by atoms with Gasteiger partial charge in [-0.1, -0.05) is 17.7 Å². The van der Waals surface area contributed by atoms with Gasteiger partial charge in [0.15, 0.2) is 0 Å². The minimum absolute atomic E-state index is 0.0283. The Morgan fingerprint density at radius 3 is 2.64 bits per heavy atom. The summed E-state index contributed by atoms with van der Waals surface area (Å²) in [4.78, 5) is 10.6. The second kappa shape index (κ2) is 4.41. The predicted octanol–water partition coefficient (Wildman–Crippen LogP) is 1.03. The summed E-state index contributed by atoms with van der Waals surface area (Å²) in [6, 6.07) is 3.83. The first-order valence-corrected chi connectivity index (χ1v) is 4.33. The molecule has 1 atom stereocenters. The van der Waals surface area contributed by atoms with Gasteiger partial charge in [0.1, 0.15) is 0 Å². The number of aliphatic hydroxyl groups is 1. The van der Waals surface area contributed by atoms with E-state index in [9.17, 15) is 4.79 Å². The second-order valence-electron chi connectivity index (χ2n) is 2.83. The molecule has 0 fully saturated rings. The van der Waals surface area contributed by atoms with Crippen molar-refractivity contribution in [2.75, 3.05) is 6.61 Å². The molecule has 0 radical (unpaired) electrons. The van der Waals surface area contributed by atoms with Gasteiger partial charge in [-0.05, 0) is 17.7 Å². The number of hydrogen-bond donors (Lipinski definition) is 3. The molecule has 0 saturated carbocycles. The largest absolute Gasteiger partial charge is 0.478 e. The molecule has 0 spiro atoms. The number of aliphatic hydroxyl groups excluding tert-OH is 1. The standard InChI is InChI=1S/C9H10ClNO3/c10-7-3-5(8(11)4-12)1-2-6(7)9(13)14/h1-3,8,12H,4,11H2,(H,13,14)/t8-/m0/s1. The summed E-state index contributed by atoms with van der Waals surface area (Å²) in [6.45, 7) is -0.206. The summed E-state index contributed by atoms with van der Waals surface area (Å²) in [5.41, 5.74) is 6.17. The van der Waals surface area contributed by atoms with E-state index in [1.807, 2.05) is 0 Å². The van der Waals surface area contributed by atoms with Gasteiger partial charge in [0.05, 0.1) is 23.2 Å². The zero-order chi connectivity index (χ0) is 10.7. The number of carboxylic acid groups (broad SMARTS) is 1. The Morgan fingerprint density at radius 1 is 1.57 bits per heavy atom. The van der Waals surface area contributed by atoms with Crippen LogP contribution in [-0.4, -0.2) is 22.8 Å². The molecule has 1 rings (SSSR count). The monoisotopic (exact) mass is 215 g/mol. The zero-order valence-corrected chi connectivity index (χ0v) is 8.03. The van der Waals surface area contributed by atoms with Crippen molar-refractivity contribution in [1.82, 2.24) is 0 Å². The van der Waals surface area contributed by atoms with Gasteiger partial charge in [-0.3, -0.25) is 0 Å². The third-order valence-electron chi connectivity index (χ3n) is 1.85. The van der Waals surface area contributed by atoms with E-state index in [0.717, 1.165) is 0 Å². The highest BCUT2D eigenvalue weighted by molar-refractivity contribution is 6.33. The van der Waals surface area contributed by atoms with E-state index in [1.165, 1.54) is 18.2 Å². The Morgan fingerprint density at radius 2 is 2.21 bits per heavy atom. The number of hydrogen-bond acceptors (Lipinski definition) is 3. The molecule has 4 nitrogen and oxygen atoms in total. The van der Waals surface area contributed by atoms with Crippen LogP contribution in [0, 0.1) is 0 Å². The van der Waals surface area contributed by atoms with Crippen LogP contribution in [0.3, 0.4) is 0 Å². The minimum atomic E-state index is -1.08. The lowest BCUT2D eigenvalue weighted by Crippen LogP contribution is -2.14. The van der Waals surface area contributed by atoms with Crippen LogP contribution in [0.2, 0.25) is 5.02 Å². The molecular formula is C9H10ClNO3. The van der Waals surface area contributed by atoms with Gasteiger partial charge in [0, 0.05) is 0 Å². The fourth-order valence-electron chi connectivity index (χ4n) is 1.04. The Balaban J connectivity index is 3.06. The summed E-state index contributed by atoms with van der Waals surface area (Å²) in [7, 11) is 0. The minimum Gasteiger partial charge on any atom is -0.478 e. The van der Waals surface area contributed by atoms with Gasteiger partial charge >= 0.3 is 5.97 Å². The van der Waals surface area contributed by atoms with Gasteiger partial charge in [-0.25, -0.2) is 4.79 Å². The first-order valence-electron chi connectivity index (χ1n) is 3.95. The lowest BCUT2D eigenvalue weighted by Gasteiger charge is -2.09. The van der Waals surface area contributed by atoms with Crippen molar-refractivity contribution in [3.05, 3.63) is 34.3 Å². The number of aromatic carboxylic acids is 1. The summed E-state index contributed by atoms with van der Waals surface area (Å²) >= 11 is 5.71. The smallest absolute Gasteiger partial charge is 0.337 e. The number of carboxylic acids is 1. The van der Waals surface area contributed by atoms with Crippen molar-refractivity contribution in [2.24, 2.45) is 5.73 Å². The van der Waals surface area contributed by atoms with Crippen molar-refractivity contribution in [1.29, 1.82) is 0 Å². The van der Waals surface area contributed by atoms with Crippen molar-refractivity contribution >= 4 is 17.6 Å². The average molecular weight is 216 g/mol. The molecular weight excluding hydrogens is 206 g/mol. The lowest BCUT2D eigenvalue weighted by molar-refractivity contribution is 0.0697. The second-order valence-corrected chi connectivity index (χ2v) is 3.24. The number of carbonyl (C=O) groups is 1. The van der Waals surface area contributed by atoms with Crippen LogP contribution in [0.15, 0.2) is 18.2 Å². The Bertz CT molecular complexity index is 354. The quantitative estimate of drug-likeness (QED) is 0.703. The van der Waals surface area contributed by atoms with Gasteiger partial charge in [0.2, 0.25) is 0 Å². The van der Waals surface area contributed by atoms with Crippen LogP contribution in [0.5, 0.6) is 0 Å². The van der Waals surface area contributed by atoms with Crippen LogP contribution < -0.4 is 5.73 Å². The van der Waals surface area contributed by atoms with Crippen molar-refractivity contribution < 1.29 is 15.0 Å². The molecule has 14 heavy (non-hydrogen) atoms. The molecule has 0 aliphatic carbocycles. The molecule has 0 aromatic heterocycles. The highest BCUT2D eigenvalue weighted by atomic mass is 35.5. The van der Waals surface area contributed by atoms with E-state index in [0.29, 0.717) is 5.56 Å². The maximum atomic E-state index is 10.6. The van der Waals surface area contributed by atoms with Crippen LogP contribution in [-0.2, 0) is 0 Å². The third kappa shape index (κ3) is 2.23. The van der Waals surface area contributed by atoms with Gasteiger partial charge < -0.3 is 15.9 Å². The van der Waals surface area contributed by atoms with Gasteiger partial charge in [-0.2, -0.15) is 0 Å². The Kier molecular flexibility index (Phi) is 3.46. The Hall–Kier alpha value is -1.10. The van der Waals surface area contributed by atoms with Crippen LogP contribution in [0.25, 0.3) is 0 Å². The highest BCUT2D eigenvalue weighted by Crippen LogP contribution is 2.20. The number of nitrogens with two attached hydrogens (primary N) is 1. The van der Waals surface area contributed by atoms with E-state index in [2.05, 4.69) is 0 Å². The molecule has 0 amide bonds. The van der Waals surface area contributed by atoms with E-state index >= 15 is 0 Å². The zero-order valence-electron chi connectivity index (χ0n) is 7.27. The van der Waals surface area contributed by atoms with Crippen LogP contribution in [0.1, 0.15) is 22.0 Å². The van der Waals surface area contributed by atoms with E-state index in [-0.39, 0.29) is 17.2 Å². The maximum absolute atomic E-state index is 10.6. The average Bonchev–Trinajstić information content (AvgIpc) is 2.15. The molecule has 1 aromatic rings. The molecule has 0 saturated heterocycles. The fraction of sp³-hybridized carbons (Fsp3) is 0.222.